The number of benzene rings is 2. The highest BCUT2D eigenvalue weighted by Crippen LogP contribution is 2.34. The molecule has 0 bridgehead atoms. The number of rotatable bonds is 4. The number of hydrogen-bond donors (Lipinski definition) is 0. The van der Waals surface area contributed by atoms with E-state index in [2.05, 4.69) is 51.8 Å². The van der Waals surface area contributed by atoms with E-state index in [1.54, 1.807) is 6.20 Å². The first-order chi connectivity index (χ1) is 11.7. The minimum Gasteiger partial charge on any atom is -0.307 e. The molecule has 1 saturated heterocycles. The zero-order valence-corrected chi connectivity index (χ0v) is 15.3. The predicted octanol–water partition coefficient (Wildman–Crippen LogP) is 4.58. The second-order valence-electron chi connectivity index (χ2n) is 6.10. The van der Waals surface area contributed by atoms with Gasteiger partial charge in [-0.15, -0.1) is 0 Å². The molecule has 1 unspecified atom stereocenters. The number of aryl methyl sites for hydroxylation is 1. The standard InChI is InChI=1S/C20H17IN2O/c21-17-8-2-1-5-14(17)10-11-16-13-19(24)23(16)18-9-3-6-15-7-4-12-22-20(15)18/h1-9,12,16H,10-11,13H2. The number of halogens is 1. The van der Waals surface area contributed by atoms with Crippen LogP contribution in [0.3, 0.4) is 0 Å². The molecule has 4 heteroatoms. The molecule has 24 heavy (non-hydrogen) atoms. The van der Waals surface area contributed by atoms with Gasteiger partial charge < -0.3 is 4.90 Å². The zero-order chi connectivity index (χ0) is 16.5. The molecule has 1 fully saturated rings. The van der Waals surface area contributed by atoms with Crippen LogP contribution in [-0.4, -0.2) is 16.9 Å². The van der Waals surface area contributed by atoms with Crippen LogP contribution in [-0.2, 0) is 11.2 Å². The first-order valence-electron chi connectivity index (χ1n) is 8.13. The lowest BCUT2D eigenvalue weighted by Gasteiger charge is -2.41. The number of pyridine rings is 1. The highest BCUT2D eigenvalue weighted by atomic mass is 127. The summed E-state index contributed by atoms with van der Waals surface area (Å²) in [5.41, 5.74) is 3.21. The highest BCUT2D eigenvalue weighted by molar-refractivity contribution is 14.1. The summed E-state index contributed by atoms with van der Waals surface area (Å²) in [6.07, 6.45) is 4.39. The Kier molecular flexibility index (Phi) is 4.22. The fourth-order valence-corrected chi connectivity index (χ4v) is 4.01. The van der Waals surface area contributed by atoms with E-state index in [1.165, 1.54) is 9.13 Å². The topological polar surface area (TPSA) is 33.2 Å². The normalized spacial score (nSPS) is 17.1. The molecule has 3 nitrogen and oxygen atoms in total. The third kappa shape index (κ3) is 2.79. The maximum Gasteiger partial charge on any atom is 0.229 e. The summed E-state index contributed by atoms with van der Waals surface area (Å²) >= 11 is 2.38. The zero-order valence-electron chi connectivity index (χ0n) is 13.2. The molecule has 0 spiro atoms. The van der Waals surface area contributed by atoms with Crippen LogP contribution in [0.25, 0.3) is 10.9 Å². The molecule has 1 atom stereocenters. The van der Waals surface area contributed by atoms with E-state index in [0.29, 0.717) is 6.42 Å². The number of β-lactam (4-membered cyclic amide) rings is 1. The molecule has 4 rings (SSSR count). The molecule has 2 heterocycles. The van der Waals surface area contributed by atoms with Crippen LogP contribution in [0.1, 0.15) is 18.4 Å². The molecular weight excluding hydrogens is 411 g/mol. The number of nitrogens with zero attached hydrogens (tertiary/aromatic N) is 2. The molecule has 3 aromatic rings. The third-order valence-corrected chi connectivity index (χ3v) is 5.67. The van der Waals surface area contributed by atoms with Gasteiger partial charge in [-0.3, -0.25) is 9.78 Å². The lowest BCUT2D eigenvalue weighted by Crippen LogP contribution is -2.53. The van der Waals surface area contributed by atoms with E-state index in [9.17, 15) is 4.79 Å². The van der Waals surface area contributed by atoms with E-state index >= 15 is 0 Å². The number of fused-ring (bicyclic) bond motifs is 1. The molecular formula is C20H17IN2O. The average molecular weight is 428 g/mol. The largest absolute Gasteiger partial charge is 0.307 e. The maximum atomic E-state index is 12.3. The van der Waals surface area contributed by atoms with Crippen molar-refractivity contribution in [3.8, 4) is 0 Å². The second-order valence-corrected chi connectivity index (χ2v) is 7.27. The van der Waals surface area contributed by atoms with Crippen LogP contribution in [0.15, 0.2) is 60.8 Å². The van der Waals surface area contributed by atoms with E-state index in [0.717, 1.165) is 29.4 Å². The second kappa shape index (κ2) is 6.51. The number of aromatic nitrogens is 1. The fraction of sp³-hybridized carbons (Fsp3) is 0.200. The molecule has 2 aromatic carbocycles. The first-order valence-corrected chi connectivity index (χ1v) is 9.21. The number of para-hydroxylation sites is 1. The molecule has 0 aliphatic carbocycles. The number of carbonyl (C=O) groups is 1. The quantitative estimate of drug-likeness (QED) is 0.451. The number of anilines is 1. The van der Waals surface area contributed by atoms with Gasteiger partial charge in [-0.05, 0) is 59.2 Å². The Hall–Kier alpha value is -1.95. The van der Waals surface area contributed by atoms with Gasteiger partial charge in [0.1, 0.15) is 0 Å². The van der Waals surface area contributed by atoms with E-state index < -0.39 is 0 Å². The van der Waals surface area contributed by atoms with Gasteiger partial charge in [-0.2, -0.15) is 0 Å². The summed E-state index contributed by atoms with van der Waals surface area (Å²) in [7, 11) is 0. The van der Waals surface area contributed by atoms with Crippen LogP contribution in [0, 0.1) is 3.57 Å². The molecule has 120 valence electrons. The smallest absolute Gasteiger partial charge is 0.229 e. The van der Waals surface area contributed by atoms with Crippen LogP contribution in [0.2, 0.25) is 0 Å². The van der Waals surface area contributed by atoms with E-state index in [1.807, 2.05) is 35.2 Å². The lowest BCUT2D eigenvalue weighted by molar-refractivity contribution is -0.124. The van der Waals surface area contributed by atoms with Crippen molar-refractivity contribution in [1.82, 2.24) is 4.98 Å². The van der Waals surface area contributed by atoms with E-state index in [4.69, 9.17) is 0 Å². The molecule has 0 N–H and O–H groups in total. The summed E-state index contributed by atoms with van der Waals surface area (Å²) in [6, 6.07) is 18.7. The summed E-state index contributed by atoms with van der Waals surface area (Å²) in [4.78, 5) is 18.7. The van der Waals surface area contributed by atoms with Gasteiger partial charge in [0.05, 0.1) is 11.2 Å². The van der Waals surface area contributed by atoms with Crippen molar-refractivity contribution < 1.29 is 4.79 Å². The minimum absolute atomic E-state index is 0.195. The Morgan fingerprint density at radius 1 is 1.08 bits per heavy atom. The van der Waals surface area contributed by atoms with Crippen molar-refractivity contribution in [1.29, 1.82) is 0 Å². The van der Waals surface area contributed by atoms with Crippen molar-refractivity contribution in [3.05, 3.63) is 69.9 Å². The number of hydrogen-bond acceptors (Lipinski definition) is 2. The third-order valence-electron chi connectivity index (χ3n) is 4.62. The van der Waals surface area contributed by atoms with Crippen LogP contribution < -0.4 is 4.90 Å². The highest BCUT2D eigenvalue weighted by Gasteiger charge is 2.37. The van der Waals surface area contributed by atoms with Crippen molar-refractivity contribution >= 4 is 45.1 Å². The monoisotopic (exact) mass is 428 g/mol. The SMILES string of the molecule is O=C1CC(CCc2ccccc2I)N1c1cccc2cccnc12. The minimum atomic E-state index is 0.195. The molecule has 1 aromatic heterocycles. The van der Waals surface area contributed by atoms with Crippen LogP contribution in [0.4, 0.5) is 5.69 Å². The van der Waals surface area contributed by atoms with Crippen LogP contribution in [0.5, 0.6) is 0 Å². The maximum absolute atomic E-state index is 12.3. The number of amides is 1. The lowest BCUT2D eigenvalue weighted by atomic mass is 9.93. The average Bonchev–Trinajstić information content (AvgIpc) is 2.60. The Balaban J connectivity index is 1.58. The Morgan fingerprint density at radius 3 is 2.75 bits per heavy atom. The van der Waals surface area contributed by atoms with Gasteiger partial charge >= 0.3 is 0 Å². The Bertz CT molecular complexity index is 904. The van der Waals surface area contributed by atoms with E-state index in [-0.39, 0.29) is 11.9 Å². The van der Waals surface area contributed by atoms with Gasteiger partial charge in [-0.1, -0.05) is 36.4 Å². The fourth-order valence-electron chi connectivity index (χ4n) is 3.35. The van der Waals surface area contributed by atoms with Crippen molar-refractivity contribution in [2.45, 2.75) is 25.3 Å². The first kappa shape index (κ1) is 15.6. The van der Waals surface area contributed by atoms with Crippen LogP contribution >= 0.6 is 22.6 Å². The Labute approximate surface area is 154 Å². The summed E-state index contributed by atoms with van der Waals surface area (Å²) < 4.78 is 1.29. The van der Waals surface area contributed by atoms with Gasteiger partial charge in [0.25, 0.3) is 0 Å². The summed E-state index contributed by atoms with van der Waals surface area (Å²) in [5, 5.41) is 1.08. The summed E-state index contributed by atoms with van der Waals surface area (Å²) in [6.45, 7) is 0. The molecule has 1 aliphatic rings. The summed E-state index contributed by atoms with van der Waals surface area (Å²) in [5.74, 6) is 0.195. The molecule has 1 aliphatic heterocycles. The molecule has 0 saturated carbocycles. The molecule has 1 amide bonds. The van der Waals surface area contributed by atoms with Crippen molar-refractivity contribution in [3.63, 3.8) is 0 Å². The predicted molar refractivity (Wildman–Crippen MR) is 105 cm³/mol. The van der Waals surface area contributed by atoms with Gasteiger partial charge in [-0.25, -0.2) is 0 Å². The Morgan fingerprint density at radius 2 is 1.92 bits per heavy atom. The van der Waals surface area contributed by atoms with Crippen molar-refractivity contribution in [2.24, 2.45) is 0 Å². The number of carbonyl (C=O) groups excluding carboxylic acids is 1. The van der Waals surface area contributed by atoms with Gasteiger partial charge in [0, 0.05) is 27.6 Å². The van der Waals surface area contributed by atoms with Crippen molar-refractivity contribution in [2.75, 3.05) is 4.90 Å². The van der Waals surface area contributed by atoms with Gasteiger partial charge in [0.2, 0.25) is 5.91 Å². The molecule has 0 radical (unpaired) electrons. The van der Waals surface area contributed by atoms with Gasteiger partial charge in [0.15, 0.2) is 0 Å².